The van der Waals surface area contributed by atoms with Crippen LogP contribution in [0.15, 0.2) is 52.4 Å². The Labute approximate surface area is 175 Å². The highest BCUT2D eigenvalue weighted by atomic mass is 35.5. The van der Waals surface area contributed by atoms with Crippen molar-refractivity contribution in [1.82, 2.24) is 14.9 Å². The Balaban J connectivity index is 2.16. The zero-order valence-electron chi connectivity index (χ0n) is 15.5. The highest BCUT2D eigenvalue weighted by Gasteiger charge is 2.21. The summed E-state index contributed by atoms with van der Waals surface area (Å²) in [5.74, 6) is -0.134. The number of hydrogen-bond acceptors (Lipinski definition) is 6. The largest absolute Gasteiger partial charge is 0.495 e. The van der Waals surface area contributed by atoms with Gasteiger partial charge in [-0.3, -0.25) is 19.5 Å². The van der Waals surface area contributed by atoms with E-state index in [1.807, 2.05) is 5.32 Å². The maximum Gasteiger partial charge on any atom is 0.318 e. The number of aromatic nitrogens is 2. The first-order valence-electron chi connectivity index (χ1n) is 8.44. The molecule has 0 aliphatic rings. The lowest BCUT2D eigenvalue weighted by molar-refractivity contribution is -0.119. The van der Waals surface area contributed by atoms with E-state index >= 15 is 0 Å². The molecule has 10 heteroatoms. The summed E-state index contributed by atoms with van der Waals surface area (Å²) in [5.41, 5.74) is 5.64. The summed E-state index contributed by atoms with van der Waals surface area (Å²) in [4.78, 5) is 40.8. The van der Waals surface area contributed by atoms with Crippen molar-refractivity contribution in [3.8, 4) is 11.4 Å². The molecular weight excluding hydrogens is 416 g/mol. The first-order chi connectivity index (χ1) is 13.8. The number of urea groups is 1. The minimum Gasteiger partial charge on any atom is -0.495 e. The van der Waals surface area contributed by atoms with Crippen LogP contribution in [-0.2, 0) is 4.79 Å². The number of benzene rings is 2. The van der Waals surface area contributed by atoms with Gasteiger partial charge in [-0.1, -0.05) is 35.5 Å². The zero-order chi connectivity index (χ0) is 21.1. The number of primary amides is 1. The minimum absolute atomic E-state index is 0.266. The van der Waals surface area contributed by atoms with E-state index in [0.717, 1.165) is 11.8 Å². The molecule has 0 spiro atoms. The number of carbonyl (C=O) groups excluding carboxylic acids is 2. The number of nitrogens with two attached hydrogens (primary N) is 1. The number of rotatable bonds is 5. The second-order valence-electron chi connectivity index (χ2n) is 5.98. The van der Waals surface area contributed by atoms with Gasteiger partial charge in [-0.15, -0.1) is 0 Å². The molecule has 0 saturated carbocycles. The SMILES string of the molecule is COc1ccc(-n2c(S[C@H](C)C(=O)NC(N)=O)nc3ccccc3c2=O)cc1Cl. The molecule has 0 radical (unpaired) electrons. The minimum atomic E-state index is -0.951. The fourth-order valence-electron chi connectivity index (χ4n) is 2.65. The third-order valence-corrected chi connectivity index (χ3v) is 5.38. The van der Waals surface area contributed by atoms with Gasteiger partial charge in [0.05, 0.1) is 34.0 Å². The maximum atomic E-state index is 13.2. The van der Waals surface area contributed by atoms with Crippen molar-refractivity contribution in [2.75, 3.05) is 7.11 Å². The van der Waals surface area contributed by atoms with E-state index in [1.54, 1.807) is 49.4 Å². The van der Waals surface area contributed by atoms with Crippen molar-refractivity contribution in [2.24, 2.45) is 5.73 Å². The third kappa shape index (κ3) is 4.36. The lowest BCUT2D eigenvalue weighted by Gasteiger charge is -2.16. The molecule has 0 saturated heterocycles. The summed E-state index contributed by atoms with van der Waals surface area (Å²) in [7, 11) is 1.49. The van der Waals surface area contributed by atoms with Gasteiger partial charge < -0.3 is 10.5 Å². The second kappa shape index (κ2) is 8.54. The Morgan fingerprint density at radius 1 is 1.28 bits per heavy atom. The summed E-state index contributed by atoms with van der Waals surface area (Å²) in [5, 5.41) is 2.28. The van der Waals surface area contributed by atoms with Crippen LogP contribution in [0, 0.1) is 0 Å². The summed E-state index contributed by atoms with van der Waals surface area (Å²) >= 11 is 7.25. The number of thioether (sulfide) groups is 1. The molecule has 3 N–H and O–H groups in total. The molecule has 3 amide bonds. The summed E-state index contributed by atoms with van der Waals surface area (Å²) < 4.78 is 6.53. The van der Waals surface area contributed by atoms with Crippen LogP contribution in [0.5, 0.6) is 5.75 Å². The number of carbonyl (C=O) groups is 2. The molecule has 29 heavy (non-hydrogen) atoms. The molecule has 1 aromatic heterocycles. The normalized spacial score (nSPS) is 11.8. The van der Waals surface area contributed by atoms with Gasteiger partial charge in [0.25, 0.3) is 5.56 Å². The van der Waals surface area contributed by atoms with Gasteiger partial charge in [0.1, 0.15) is 5.75 Å². The highest BCUT2D eigenvalue weighted by molar-refractivity contribution is 8.00. The molecule has 0 unspecified atom stereocenters. The quantitative estimate of drug-likeness (QED) is 0.473. The van der Waals surface area contributed by atoms with Crippen molar-refractivity contribution >= 4 is 46.2 Å². The van der Waals surface area contributed by atoms with Crippen LogP contribution in [0.1, 0.15) is 6.92 Å². The number of para-hydroxylation sites is 1. The van der Waals surface area contributed by atoms with Crippen LogP contribution in [0.3, 0.4) is 0 Å². The van der Waals surface area contributed by atoms with Gasteiger partial charge in [-0.2, -0.15) is 0 Å². The number of imide groups is 1. The molecule has 0 fully saturated rings. The first-order valence-corrected chi connectivity index (χ1v) is 9.70. The Hall–Kier alpha value is -3.04. The van der Waals surface area contributed by atoms with Gasteiger partial charge in [0.15, 0.2) is 5.16 Å². The Bertz CT molecular complexity index is 1160. The number of nitrogens with one attached hydrogen (secondary N) is 1. The molecular formula is C19H17ClN4O4S. The predicted molar refractivity (Wildman–Crippen MR) is 112 cm³/mol. The van der Waals surface area contributed by atoms with Crippen molar-refractivity contribution in [1.29, 1.82) is 0 Å². The molecule has 150 valence electrons. The van der Waals surface area contributed by atoms with E-state index in [0.29, 0.717) is 27.4 Å². The Morgan fingerprint density at radius 2 is 2.00 bits per heavy atom. The third-order valence-electron chi connectivity index (χ3n) is 4.04. The molecule has 8 nitrogen and oxygen atoms in total. The second-order valence-corrected chi connectivity index (χ2v) is 7.70. The molecule has 2 aromatic carbocycles. The van der Waals surface area contributed by atoms with E-state index in [4.69, 9.17) is 22.1 Å². The molecule has 0 bridgehead atoms. The lowest BCUT2D eigenvalue weighted by atomic mass is 10.2. The average molecular weight is 433 g/mol. The monoisotopic (exact) mass is 432 g/mol. The molecule has 3 aromatic rings. The fraction of sp³-hybridized carbons (Fsp3) is 0.158. The van der Waals surface area contributed by atoms with Gasteiger partial charge in [0.2, 0.25) is 5.91 Å². The van der Waals surface area contributed by atoms with Crippen molar-refractivity contribution in [2.45, 2.75) is 17.3 Å². The zero-order valence-corrected chi connectivity index (χ0v) is 17.1. The predicted octanol–water partition coefficient (Wildman–Crippen LogP) is 2.72. The molecule has 0 aliphatic heterocycles. The van der Waals surface area contributed by atoms with E-state index in [1.165, 1.54) is 11.7 Å². The molecule has 1 heterocycles. The smallest absolute Gasteiger partial charge is 0.318 e. The number of ether oxygens (including phenoxy) is 1. The summed E-state index contributed by atoms with van der Waals surface area (Å²) in [6, 6.07) is 10.8. The van der Waals surface area contributed by atoms with Crippen LogP contribution in [0.2, 0.25) is 5.02 Å². The van der Waals surface area contributed by atoms with Crippen LogP contribution in [0.4, 0.5) is 4.79 Å². The van der Waals surface area contributed by atoms with Crippen molar-refractivity contribution in [3.05, 3.63) is 57.8 Å². The van der Waals surface area contributed by atoms with Crippen LogP contribution < -0.4 is 21.3 Å². The van der Waals surface area contributed by atoms with E-state index in [2.05, 4.69) is 4.98 Å². The number of fused-ring (bicyclic) bond motifs is 1. The van der Waals surface area contributed by atoms with Crippen molar-refractivity contribution < 1.29 is 14.3 Å². The van der Waals surface area contributed by atoms with Gasteiger partial charge in [0, 0.05) is 0 Å². The van der Waals surface area contributed by atoms with Gasteiger partial charge in [-0.05, 0) is 37.3 Å². The van der Waals surface area contributed by atoms with Gasteiger partial charge >= 0.3 is 6.03 Å². The summed E-state index contributed by atoms with van der Waals surface area (Å²) in [6.45, 7) is 1.58. The van der Waals surface area contributed by atoms with Crippen LogP contribution in [0.25, 0.3) is 16.6 Å². The molecule has 0 aliphatic carbocycles. The average Bonchev–Trinajstić information content (AvgIpc) is 2.67. The Kier molecular flexibility index (Phi) is 6.09. The molecule has 1 atom stereocenters. The number of halogens is 1. The number of hydrogen-bond donors (Lipinski definition) is 2. The van der Waals surface area contributed by atoms with E-state index < -0.39 is 17.2 Å². The maximum absolute atomic E-state index is 13.2. The van der Waals surface area contributed by atoms with Crippen LogP contribution in [-0.4, -0.2) is 33.8 Å². The molecule has 3 rings (SSSR count). The van der Waals surface area contributed by atoms with E-state index in [-0.39, 0.29) is 10.7 Å². The van der Waals surface area contributed by atoms with E-state index in [9.17, 15) is 14.4 Å². The number of amides is 3. The highest BCUT2D eigenvalue weighted by Crippen LogP contribution is 2.29. The first kappa shape index (κ1) is 20.7. The Morgan fingerprint density at radius 3 is 2.66 bits per heavy atom. The van der Waals surface area contributed by atoms with Crippen molar-refractivity contribution in [3.63, 3.8) is 0 Å². The lowest BCUT2D eigenvalue weighted by Crippen LogP contribution is -2.39. The summed E-state index contributed by atoms with van der Waals surface area (Å²) in [6.07, 6.45) is 0. The van der Waals surface area contributed by atoms with Crippen LogP contribution >= 0.6 is 23.4 Å². The number of methoxy groups -OCH3 is 1. The van der Waals surface area contributed by atoms with Gasteiger partial charge in [-0.25, -0.2) is 9.78 Å². The standard InChI is InChI=1S/C19H17ClN4O4S/c1-10(16(25)23-18(21)27)29-19-22-14-6-4-3-5-12(14)17(26)24(19)11-7-8-15(28-2)13(20)9-11/h3-10H,1-2H3,(H3,21,23,25,27)/t10-/m1/s1. The topological polar surface area (TPSA) is 116 Å². The number of nitrogens with zero attached hydrogens (tertiary/aromatic N) is 2. The fourth-order valence-corrected chi connectivity index (χ4v) is 3.83.